The molecule has 0 saturated carbocycles. The van der Waals surface area contributed by atoms with Crippen LogP contribution in [0.5, 0.6) is 0 Å². The van der Waals surface area contributed by atoms with Gasteiger partial charge in [0.15, 0.2) is 6.29 Å². The fourth-order valence-electron chi connectivity index (χ4n) is 4.13. The Bertz CT molecular complexity index is 954. The first-order valence-electron chi connectivity index (χ1n) is 10.9. The van der Waals surface area contributed by atoms with Gasteiger partial charge in [0.05, 0.1) is 24.5 Å². The van der Waals surface area contributed by atoms with Crippen LogP contribution in [-0.2, 0) is 14.2 Å². The molecule has 2 aliphatic rings. The lowest BCUT2D eigenvalue weighted by Crippen LogP contribution is -2.41. The highest BCUT2D eigenvalue weighted by Gasteiger charge is 2.32. The normalized spacial score (nSPS) is 18.4. The maximum atomic E-state index is 13.4. The van der Waals surface area contributed by atoms with Gasteiger partial charge in [0, 0.05) is 19.0 Å². The van der Waals surface area contributed by atoms with Gasteiger partial charge >= 0.3 is 6.09 Å². The van der Waals surface area contributed by atoms with Crippen molar-refractivity contribution in [2.75, 3.05) is 31.6 Å². The zero-order valence-corrected chi connectivity index (χ0v) is 18.3. The third-order valence-electron chi connectivity index (χ3n) is 5.61. The Balaban J connectivity index is 1.55. The number of ether oxygens (including phenoxy) is 3. The van der Waals surface area contributed by atoms with Gasteiger partial charge in [-0.15, -0.1) is 0 Å². The number of nitrogens with zero attached hydrogens (tertiary/aromatic N) is 1. The van der Waals surface area contributed by atoms with Crippen LogP contribution < -0.4 is 5.32 Å². The number of nitrogens with one attached hydrogen (secondary N) is 1. The van der Waals surface area contributed by atoms with Gasteiger partial charge in [0.1, 0.15) is 5.60 Å². The molecule has 0 radical (unpaired) electrons. The molecule has 0 bridgehead atoms. The number of carbonyl (C=O) groups excluding carboxylic acids is 2. The summed E-state index contributed by atoms with van der Waals surface area (Å²) < 4.78 is 16.7. The molecule has 2 heterocycles. The minimum absolute atomic E-state index is 0.0940. The number of carbonyl (C=O) groups is 2. The lowest BCUT2D eigenvalue weighted by Gasteiger charge is -2.34. The van der Waals surface area contributed by atoms with E-state index in [1.807, 2.05) is 41.3 Å². The van der Waals surface area contributed by atoms with Crippen LogP contribution in [0.4, 0.5) is 10.5 Å². The summed E-state index contributed by atoms with van der Waals surface area (Å²) in [6, 6.07) is 11.5. The Morgan fingerprint density at radius 1 is 1.03 bits per heavy atom. The maximum absolute atomic E-state index is 13.4. The molecular weight excluding hydrogens is 396 g/mol. The molecule has 166 valence electrons. The van der Waals surface area contributed by atoms with E-state index < -0.39 is 11.7 Å². The SMILES string of the molecule is CC(C)(C)OC(=O)Nc1cc2ccccc2cc1C(=O)N1CCC(C2OCCO2)CC1. The van der Waals surface area contributed by atoms with E-state index in [-0.39, 0.29) is 12.2 Å². The highest BCUT2D eigenvalue weighted by atomic mass is 16.7. The molecule has 2 amide bonds. The maximum Gasteiger partial charge on any atom is 0.412 e. The monoisotopic (exact) mass is 426 g/mol. The molecule has 1 N–H and O–H groups in total. The molecule has 31 heavy (non-hydrogen) atoms. The summed E-state index contributed by atoms with van der Waals surface area (Å²) in [5.41, 5.74) is 0.302. The van der Waals surface area contributed by atoms with Crippen molar-refractivity contribution < 1.29 is 23.8 Å². The topological polar surface area (TPSA) is 77.1 Å². The van der Waals surface area contributed by atoms with E-state index in [0.717, 1.165) is 23.6 Å². The zero-order chi connectivity index (χ0) is 22.0. The summed E-state index contributed by atoms with van der Waals surface area (Å²) in [7, 11) is 0. The summed E-state index contributed by atoms with van der Waals surface area (Å²) in [4.78, 5) is 27.7. The van der Waals surface area contributed by atoms with Crippen molar-refractivity contribution in [1.82, 2.24) is 4.90 Å². The summed E-state index contributed by atoms with van der Waals surface area (Å²) >= 11 is 0. The summed E-state index contributed by atoms with van der Waals surface area (Å²) in [5, 5.41) is 4.68. The van der Waals surface area contributed by atoms with Crippen LogP contribution in [0, 0.1) is 5.92 Å². The average molecular weight is 427 g/mol. The second kappa shape index (κ2) is 8.85. The standard InChI is InChI=1S/C24H30N2O5/c1-24(2,3)31-23(28)25-20-15-18-7-5-4-6-17(18)14-19(20)21(27)26-10-8-16(9-11-26)22-29-12-13-30-22/h4-7,14-16,22H,8-13H2,1-3H3,(H,25,28). The predicted molar refractivity (Wildman–Crippen MR) is 118 cm³/mol. The number of anilines is 1. The van der Waals surface area contributed by atoms with Crippen LogP contribution in [-0.4, -0.2) is 55.1 Å². The average Bonchev–Trinajstić information content (AvgIpc) is 3.26. The number of hydrogen-bond donors (Lipinski definition) is 1. The van der Waals surface area contributed by atoms with Crippen LogP contribution >= 0.6 is 0 Å². The van der Waals surface area contributed by atoms with Crippen molar-refractivity contribution in [3.05, 3.63) is 42.0 Å². The Morgan fingerprint density at radius 2 is 1.65 bits per heavy atom. The van der Waals surface area contributed by atoms with Crippen molar-refractivity contribution in [3.8, 4) is 0 Å². The quantitative estimate of drug-likeness (QED) is 0.787. The highest BCUT2D eigenvalue weighted by Crippen LogP contribution is 2.30. The van der Waals surface area contributed by atoms with E-state index in [4.69, 9.17) is 14.2 Å². The summed E-state index contributed by atoms with van der Waals surface area (Å²) in [6.07, 6.45) is 0.936. The van der Waals surface area contributed by atoms with Gasteiger partial charge in [-0.05, 0) is 56.5 Å². The largest absolute Gasteiger partial charge is 0.444 e. The van der Waals surface area contributed by atoms with Gasteiger partial charge in [-0.1, -0.05) is 24.3 Å². The zero-order valence-electron chi connectivity index (χ0n) is 18.3. The number of fused-ring (bicyclic) bond motifs is 1. The molecule has 2 aliphatic heterocycles. The smallest absolute Gasteiger partial charge is 0.412 e. The van der Waals surface area contributed by atoms with E-state index in [9.17, 15) is 9.59 Å². The minimum Gasteiger partial charge on any atom is -0.444 e. The third-order valence-corrected chi connectivity index (χ3v) is 5.61. The Hall–Kier alpha value is -2.64. The highest BCUT2D eigenvalue weighted by molar-refractivity contribution is 6.07. The molecule has 0 atom stereocenters. The molecule has 2 saturated heterocycles. The molecule has 0 unspecified atom stereocenters. The van der Waals surface area contributed by atoms with Crippen molar-refractivity contribution in [3.63, 3.8) is 0 Å². The Morgan fingerprint density at radius 3 is 2.26 bits per heavy atom. The van der Waals surface area contributed by atoms with Gasteiger partial charge in [-0.2, -0.15) is 0 Å². The van der Waals surface area contributed by atoms with Gasteiger partial charge in [-0.3, -0.25) is 10.1 Å². The van der Waals surface area contributed by atoms with Crippen LogP contribution in [0.25, 0.3) is 10.8 Å². The van der Waals surface area contributed by atoms with Crippen LogP contribution in [0.15, 0.2) is 36.4 Å². The third kappa shape index (κ3) is 5.17. The molecular formula is C24H30N2O5. The van der Waals surface area contributed by atoms with Crippen LogP contribution in [0.2, 0.25) is 0 Å². The second-order valence-corrected chi connectivity index (χ2v) is 9.11. The van der Waals surface area contributed by atoms with E-state index in [0.29, 0.717) is 43.5 Å². The molecule has 0 aliphatic carbocycles. The second-order valence-electron chi connectivity index (χ2n) is 9.11. The number of piperidine rings is 1. The van der Waals surface area contributed by atoms with Crippen LogP contribution in [0.1, 0.15) is 44.0 Å². The van der Waals surface area contributed by atoms with Gasteiger partial charge in [0.2, 0.25) is 0 Å². The fourth-order valence-corrected chi connectivity index (χ4v) is 4.13. The summed E-state index contributed by atoms with van der Waals surface area (Å²) in [6.45, 7) is 7.96. The van der Waals surface area contributed by atoms with E-state index in [1.54, 1.807) is 20.8 Å². The van der Waals surface area contributed by atoms with Crippen molar-refractivity contribution in [2.24, 2.45) is 5.92 Å². The number of likely N-dealkylation sites (tertiary alicyclic amines) is 1. The first-order valence-corrected chi connectivity index (χ1v) is 10.9. The summed E-state index contributed by atoms with van der Waals surface area (Å²) in [5.74, 6) is 0.214. The lowest BCUT2D eigenvalue weighted by atomic mass is 9.95. The van der Waals surface area contributed by atoms with Crippen molar-refractivity contribution in [1.29, 1.82) is 0 Å². The predicted octanol–water partition coefficient (Wildman–Crippen LogP) is 4.41. The molecule has 0 aromatic heterocycles. The molecule has 2 aromatic carbocycles. The molecule has 0 spiro atoms. The molecule has 7 heteroatoms. The first-order chi connectivity index (χ1) is 14.8. The molecule has 2 fully saturated rings. The number of amides is 2. The van der Waals surface area contributed by atoms with Gasteiger partial charge < -0.3 is 19.1 Å². The van der Waals surface area contributed by atoms with Gasteiger partial charge in [-0.25, -0.2) is 4.79 Å². The van der Waals surface area contributed by atoms with E-state index in [1.165, 1.54) is 0 Å². The van der Waals surface area contributed by atoms with Crippen molar-refractivity contribution >= 4 is 28.5 Å². The molecule has 7 nitrogen and oxygen atoms in total. The van der Waals surface area contributed by atoms with E-state index >= 15 is 0 Å². The number of hydrogen-bond acceptors (Lipinski definition) is 5. The number of rotatable bonds is 3. The number of benzene rings is 2. The molecule has 2 aromatic rings. The lowest BCUT2D eigenvalue weighted by molar-refractivity contribution is -0.0956. The fraction of sp³-hybridized carbons (Fsp3) is 0.500. The van der Waals surface area contributed by atoms with E-state index in [2.05, 4.69) is 5.32 Å². The Kier molecular flexibility index (Phi) is 6.16. The minimum atomic E-state index is -0.628. The van der Waals surface area contributed by atoms with Crippen molar-refractivity contribution in [2.45, 2.75) is 45.5 Å². The van der Waals surface area contributed by atoms with Crippen LogP contribution in [0.3, 0.4) is 0 Å². The molecule has 4 rings (SSSR count). The first kappa shape index (κ1) is 21.6. The van der Waals surface area contributed by atoms with Gasteiger partial charge in [0.25, 0.3) is 5.91 Å². The Labute approximate surface area is 182 Å².